The first-order chi connectivity index (χ1) is 14.4. The van der Waals surface area contributed by atoms with Crippen LogP contribution in [0, 0.1) is 13.8 Å². The fourth-order valence-electron chi connectivity index (χ4n) is 3.25. The summed E-state index contributed by atoms with van der Waals surface area (Å²) in [4.78, 5) is 35.2. The lowest BCUT2D eigenvalue weighted by Crippen LogP contribution is -2.31. The summed E-state index contributed by atoms with van der Waals surface area (Å²) < 4.78 is 11.1. The number of carbonyl (C=O) groups excluding carboxylic acids is 2. The molecule has 2 rings (SSSR count). The highest BCUT2D eigenvalue weighted by Gasteiger charge is 2.34. The molecule has 8 heteroatoms. The van der Waals surface area contributed by atoms with Crippen molar-refractivity contribution in [2.45, 2.75) is 46.3 Å². The van der Waals surface area contributed by atoms with E-state index in [9.17, 15) is 9.59 Å². The summed E-state index contributed by atoms with van der Waals surface area (Å²) in [7, 11) is 4.22. The SMILES string of the molecule is COC(=O)[C@@H](OC(C)(C)C)c1c(C)nc(C(=O)N(C)OC)c(C)c1-c1ccc(Cl)cc1. The maximum absolute atomic E-state index is 12.9. The van der Waals surface area contributed by atoms with Gasteiger partial charge in [-0.15, -0.1) is 0 Å². The van der Waals surface area contributed by atoms with Crippen LogP contribution in [0.1, 0.15) is 54.2 Å². The van der Waals surface area contributed by atoms with Crippen molar-refractivity contribution in [1.82, 2.24) is 10.0 Å². The molecule has 31 heavy (non-hydrogen) atoms. The lowest BCUT2D eigenvalue weighted by atomic mass is 9.89. The van der Waals surface area contributed by atoms with E-state index in [2.05, 4.69) is 4.98 Å². The van der Waals surface area contributed by atoms with Crippen molar-refractivity contribution in [2.24, 2.45) is 0 Å². The van der Waals surface area contributed by atoms with Crippen molar-refractivity contribution in [3.05, 3.63) is 51.8 Å². The van der Waals surface area contributed by atoms with E-state index in [0.717, 1.165) is 10.6 Å². The van der Waals surface area contributed by atoms with Crippen LogP contribution in [-0.2, 0) is 19.1 Å². The van der Waals surface area contributed by atoms with Crippen molar-refractivity contribution in [2.75, 3.05) is 21.3 Å². The molecule has 0 aliphatic rings. The molecule has 168 valence electrons. The Labute approximate surface area is 188 Å². The molecule has 0 spiro atoms. The van der Waals surface area contributed by atoms with Gasteiger partial charge in [0.05, 0.1) is 19.8 Å². The van der Waals surface area contributed by atoms with Crippen LogP contribution in [0.15, 0.2) is 24.3 Å². The number of hydroxylamine groups is 2. The molecule has 1 amide bonds. The Hall–Kier alpha value is -2.48. The summed E-state index contributed by atoms with van der Waals surface area (Å²) >= 11 is 6.09. The van der Waals surface area contributed by atoms with E-state index in [1.165, 1.54) is 21.3 Å². The molecule has 0 aliphatic carbocycles. The molecule has 0 N–H and O–H groups in total. The monoisotopic (exact) mass is 448 g/mol. The number of carbonyl (C=O) groups is 2. The van der Waals surface area contributed by atoms with Gasteiger partial charge in [-0.25, -0.2) is 14.8 Å². The fraction of sp³-hybridized carbons (Fsp3) is 0.435. The van der Waals surface area contributed by atoms with E-state index in [-0.39, 0.29) is 5.69 Å². The standard InChI is InChI=1S/C23H29ClN2O5/c1-13-17(15-9-11-16(24)12-10-15)18(20(22(28)29-7)31-23(3,4)5)14(2)25-19(13)21(27)26(6)30-8/h9-12,20H,1-8H3/t20-/m0/s1. The Morgan fingerprint density at radius 1 is 1.10 bits per heavy atom. The summed E-state index contributed by atoms with van der Waals surface area (Å²) in [5, 5.41) is 1.67. The Kier molecular flexibility index (Phi) is 7.81. The van der Waals surface area contributed by atoms with Crippen molar-refractivity contribution >= 4 is 23.5 Å². The second kappa shape index (κ2) is 9.77. The van der Waals surface area contributed by atoms with Gasteiger partial charge in [-0.2, -0.15) is 0 Å². The normalized spacial score (nSPS) is 12.4. The van der Waals surface area contributed by atoms with Crippen molar-refractivity contribution in [3.8, 4) is 11.1 Å². The molecule has 0 saturated heterocycles. The van der Waals surface area contributed by atoms with Gasteiger partial charge in [0.2, 0.25) is 0 Å². The summed E-state index contributed by atoms with van der Waals surface area (Å²) in [6.45, 7) is 9.08. The second-order valence-corrected chi connectivity index (χ2v) is 8.52. The second-order valence-electron chi connectivity index (χ2n) is 8.09. The average Bonchev–Trinajstić information content (AvgIpc) is 2.71. The van der Waals surface area contributed by atoms with E-state index in [0.29, 0.717) is 27.4 Å². The number of ether oxygens (including phenoxy) is 2. The van der Waals surface area contributed by atoms with Crippen molar-refractivity contribution in [1.29, 1.82) is 0 Å². The van der Waals surface area contributed by atoms with Gasteiger partial charge >= 0.3 is 5.97 Å². The van der Waals surface area contributed by atoms with Crippen molar-refractivity contribution in [3.63, 3.8) is 0 Å². The topological polar surface area (TPSA) is 78.0 Å². The van der Waals surface area contributed by atoms with Gasteiger partial charge in [0.1, 0.15) is 5.69 Å². The van der Waals surface area contributed by atoms with Crippen LogP contribution in [0.4, 0.5) is 0 Å². The fourth-order valence-corrected chi connectivity index (χ4v) is 3.37. The minimum absolute atomic E-state index is 0.218. The molecule has 1 atom stereocenters. The highest BCUT2D eigenvalue weighted by atomic mass is 35.5. The molecule has 0 radical (unpaired) electrons. The maximum atomic E-state index is 12.9. The van der Waals surface area contributed by atoms with Gasteiger partial charge in [0.25, 0.3) is 5.91 Å². The van der Waals surface area contributed by atoms with Crippen LogP contribution in [0.5, 0.6) is 0 Å². The number of benzene rings is 1. The number of halogens is 1. The van der Waals surface area contributed by atoms with Crippen LogP contribution in [0.25, 0.3) is 11.1 Å². The molecule has 2 aromatic rings. The smallest absolute Gasteiger partial charge is 0.339 e. The minimum Gasteiger partial charge on any atom is -0.467 e. The number of aromatic nitrogens is 1. The van der Waals surface area contributed by atoms with Gasteiger partial charge in [-0.05, 0) is 63.4 Å². The van der Waals surface area contributed by atoms with E-state index in [1.807, 2.05) is 32.9 Å². The number of pyridine rings is 1. The number of nitrogens with zero attached hydrogens (tertiary/aromatic N) is 2. The van der Waals surface area contributed by atoms with Gasteiger partial charge in [0.15, 0.2) is 6.10 Å². The molecular weight excluding hydrogens is 420 g/mol. The van der Waals surface area contributed by atoms with Crippen molar-refractivity contribution < 1.29 is 23.9 Å². The summed E-state index contributed by atoms with van der Waals surface area (Å²) in [6, 6.07) is 7.15. The van der Waals surface area contributed by atoms with E-state index in [4.69, 9.17) is 25.9 Å². The van der Waals surface area contributed by atoms with Gasteiger partial charge in [-0.1, -0.05) is 23.7 Å². The predicted octanol–water partition coefficient (Wildman–Crippen LogP) is 4.68. The molecule has 1 aromatic heterocycles. The third-order valence-electron chi connectivity index (χ3n) is 4.71. The Bertz CT molecular complexity index is 967. The number of amides is 1. The molecule has 0 unspecified atom stereocenters. The molecule has 0 aliphatic heterocycles. The molecule has 1 heterocycles. The van der Waals surface area contributed by atoms with Gasteiger partial charge in [-0.3, -0.25) is 9.63 Å². The highest BCUT2D eigenvalue weighted by molar-refractivity contribution is 6.30. The molecule has 0 fully saturated rings. The number of aryl methyl sites for hydroxylation is 1. The van der Waals surface area contributed by atoms with Crippen LogP contribution in [0.2, 0.25) is 5.02 Å². The quantitative estimate of drug-likeness (QED) is 0.471. The first-order valence-electron chi connectivity index (χ1n) is 9.76. The summed E-state index contributed by atoms with van der Waals surface area (Å²) in [5.74, 6) is -0.959. The Morgan fingerprint density at radius 2 is 1.68 bits per heavy atom. The number of hydrogen-bond acceptors (Lipinski definition) is 6. The van der Waals surface area contributed by atoms with Gasteiger partial charge < -0.3 is 9.47 Å². The Balaban J connectivity index is 2.88. The van der Waals surface area contributed by atoms with E-state index >= 15 is 0 Å². The van der Waals surface area contributed by atoms with Gasteiger partial charge in [0, 0.05) is 23.3 Å². The van der Waals surface area contributed by atoms with Crippen LogP contribution < -0.4 is 0 Å². The number of hydrogen-bond donors (Lipinski definition) is 0. The zero-order valence-electron chi connectivity index (χ0n) is 19.2. The van der Waals surface area contributed by atoms with E-state index in [1.54, 1.807) is 26.0 Å². The number of methoxy groups -OCH3 is 1. The summed E-state index contributed by atoms with van der Waals surface area (Å²) in [6.07, 6.45) is -1.04. The molecule has 0 bridgehead atoms. The molecule has 1 aromatic carbocycles. The molecular formula is C23H29ClN2O5. The third-order valence-corrected chi connectivity index (χ3v) is 4.97. The largest absolute Gasteiger partial charge is 0.467 e. The first kappa shape index (κ1) is 24.8. The maximum Gasteiger partial charge on any atom is 0.339 e. The molecule has 0 saturated carbocycles. The minimum atomic E-state index is -1.04. The molecule has 7 nitrogen and oxygen atoms in total. The van der Waals surface area contributed by atoms with Crippen LogP contribution >= 0.6 is 11.6 Å². The van der Waals surface area contributed by atoms with Crippen LogP contribution in [0.3, 0.4) is 0 Å². The lowest BCUT2D eigenvalue weighted by Gasteiger charge is -2.29. The predicted molar refractivity (Wildman–Crippen MR) is 119 cm³/mol. The Morgan fingerprint density at radius 3 is 2.16 bits per heavy atom. The highest BCUT2D eigenvalue weighted by Crippen LogP contribution is 2.38. The summed E-state index contributed by atoms with van der Waals surface area (Å²) in [5.41, 5.74) is 2.61. The van der Waals surface area contributed by atoms with Crippen LogP contribution in [-0.4, -0.2) is 48.8 Å². The number of esters is 1. The van der Waals surface area contributed by atoms with E-state index < -0.39 is 23.6 Å². The average molecular weight is 449 g/mol. The lowest BCUT2D eigenvalue weighted by molar-refractivity contribution is -0.164. The zero-order valence-corrected chi connectivity index (χ0v) is 20.0. The zero-order chi connectivity index (χ0) is 23.5. The number of rotatable bonds is 6. The first-order valence-corrected chi connectivity index (χ1v) is 10.1. The third kappa shape index (κ3) is 5.61.